The molecule has 0 aliphatic heterocycles. The molecule has 0 spiro atoms. The summed E-state index contributed by atoms with van der Waals surface area (Å²) in [5.41, 5.74) is 1.70. The van der Waals surface area contributed by atoms with Gasteiger partial charge in [-0.05, 0) is 61.7 Å². The Morgan fingerprint density at radius 3 is 2.45 bits per heavy atom. The van der Waals surface area contributed by atoms with Crippen LogP contribution in [0.2, 0.25) is 0 Å². The molecular weight excluding hydrogens is 412 g/mol. The van der Waals surface area contributed by atoms with Crippen molar-refractivity contribution in [1.29, 1.82) is 0 Å². The monoisotopic (exact) mass is 436 g/mol. The maximum Gasteiger partial charge on any atom is 0.306 e. The van der Waals surface area contributed by atoms with Crippen molar-refractivity contribution in [2.75, 3.05) is 0 Å². The Morgan fingerprint density at radius 1 is 0.968 bits per heavy atom. The van der Waals surface area contributed by atoms with E-state index in [0.717, 1.165) is 48.7 Å². The Morgan fingerprint density at radius 2 is 1.71 bits per heavy atom. The lowest BCUT2D eigenvalue weighted by Gasteiger charge is -2.21. The third kappa shape index (κ3) is 5.58. The molecule has 0 unspecified atom stereocenters. The summed E-state index contributed by atoms with van der Waals surface area (Å²) < 4.78 is 7.35. The second-order valence-corrected chi connectivity index (χ2v) is 8.46. The van der Waals surface area contributed by atoms with Gasteiger partial charge in [0.25, 0.3) is 0 Å². The first-order chi connectivity index (χ1) is 15.2. The SMILES string of the molecule is O=C(CCC(=O)Sc1nnc(-c2ccncc2)n1-c1ccccc1)OC1CCCCC1. The zero-order valence-corrected chi connectivity index (χ0v) is 18.0. The Balaban J connectivity index is 1.45. The molecule has 3 aromatic rings. The molecule has 0 radical (unpaired) electrons. The van der Waals surface area contributed by atoms with Crippen LogP contribution in [0.5, 0.6) is 0 Å². The van der Waals surface area contributed by atoms with E-state index in [0.29, 0.717) is 11.0 Å². The number of hydrogen-bond donors (Lipinski definition) is 0. The van der Waals surface area contributed by atoms with Gasteiger partial charge in [0.2, 0.25) is 5.16 Å². The van der Waals surface area contributed by atoms with E-state index in [1.807, 2.05) is 47.0 Å². The van der Waals surface area contributed by atoms with Crippen molar-refractivity contribution < 1.29 is 14.3 Å². The Bertz CT molecular complexity index is 1020. The van der Waals surface area contributed by atoms with Crippen LogP contribution >= 0.6 is 11.8 Å². The second-order valence-electron chi connectivity index (χ2n) is 7.44. The molecule has 160 valence electrons. The number of para-hydroxylation sites is 1. The summed E-state index contributed by atoms with van der Waals surface area (Å²) in [6.45, 7) is 0. The standard InChI is InChI=1S/C23H24N4O3S/c28-20(30-19-9-5-2-6-10-19)11-12-21(29)31-23-26-25-22(17-13-15-24-16-14-17)27(23)18-7-3-1-4-8-18/h1,3-4,7-8,13-16,19H,2,5-6,9-12H2. The van der Waals surface area contributed by atoms with Crippen LogP contribution in [0.25, 0.3) is 17.1 Å². The maximum absolute atomic E-state index is 12.6. The number of pyridine rings is 1. The lowest BCUT2D eigenvalue weighted by molar-refractivity contribution is -0.151. The van der Waals surface area contributed by atoms with Crippen molar-refractivity contribution in [2.45, 2.75) is 56.2 Å². The predicted molar refractivity (Wildman–Crippen MR) is 118 cm³/mol. The molecule has 0 atom stereocenters. The van der Waals surface area contributed by atoms with Crippen LogP contribution in [-0.2, 0) is 14.3 Å². The number of carbonyl (C=O) groups is 2. The van der Waals surface area contributed by atoms with E-state index in [-0.39, 0.29) is 30.0 Å². The minimum Gasteiger partial charge on any atom is -0.462 e. The van der Waals surface area contributed by atoms with Gasteiger partial charge in [0.15, 0.2) is 10.9 Å². The van der Waals surface area contributed by atoms with Crippen LogP contribution in [0.15, 0.2) is 60.0 Å². The van der Waals surface area contributed by atoms with Crippen LogP contribution in [0, 0.1) is 0 Å². The highest BCUT2D eigenvalue weighted by Gasteiger charge is 2.21. The molecule has 1 fully saturated rings. The van der Waals surface area contributed by atoms with Crippen molar-refractivity contribution in [2.24, 2.45) is 0 Å². The number of benzene rings is 1. The number of carbonyl (C=O) groups excluding carboxylic acids is 2. The number of rotatable bonds is 7. The lowest BCUT2D eigenvalue weighted by Crippen LogP contribution is -2.21. The van der Waals surface area contributed by atoms with Gasteiger partial charge in [-0.25, -0.2) is 0 Å². The van der Waals surface area contributed by atoms with E-state index in [4.69, 9.17) is 4.74 Å². The van der Waals surface area contributed by atoms with Gasteiger partial charge < -0.3 is 4.74 Å². The number of hydrogen-bond acceptors (Lipinski definition) is 7. The second kappa shape index (κ2) is 10.3. The lowest BCUT2D eigenvalue weighted by atomic mass is 9.98. The minimum absolute atomic E-state index is 0.00750. The molecular formula is C23H24N4O3S. The first kappa shape index (κ1) is 21.2. The normalized spacial score (nSPS) is 14.3. The largest absolute Gasteiger partial charge is 0.462 e. The van der Waals surface area contributed by atoms with Crippen molar-refractivity contribution in [3.63, 3.8) is 0 Å². The van der Waals surface area contributed by atoms with Gasteiger partial charge >= 0.3 is 5.97 Å². The number of nitrogens with zero attached hydrogens (tertiary/aromatic N) is 4. The highest BCUT2D eigenvalue weighted by molar-refractivity contribution is 8.13. The van der Waals surface area contributed by atoms with Crippen LogP contribution in [0.4, 0.5) is 0 Å². The van der Waals surface area contributed by atoms with Crippen molar-refractivity contribution in [3.8, 4) is 17.1 Å². The Kier molecular flexibility index (Phi) is 7.09. The molecule has 0 bridgehead atoms. The highest BCUT2D eigenvalue weighted by Crippen LogP contribution is 2.29. The van der Waals surface area contributed by atoms with Gasteiger partial charge in [0.05, 0.1) is 6.42 Å². The van der Waals surface area contributed by atoms with Gasteiger partial charge in [0, 0.05) is 30.1 Å². The smallest absolute Gasteiger partial charge is 0.306 e. The van der Waals surface area contributed by atoms with E-state index in [9.17, 15) is 9.59 Å². The summed E-state index contributed by atoms with van der Waals surface area (Å²) in [6, 6.07) is 13.3. The molecule has 0 amide bonds. The first-order valence-corrected chi connectivity index (χ1v) is 11.3. The van der Waals surface area contributed by atoms with Crippen LogP contribution in [0.1, 0.15) is 44.9 Å². The average Bonchev–Trinajstić information content (AvgIpc) is 3.23. The van der Waals surface area contributed by atoms with Gasteiger partial charge in [-0.15, -0.1) is 10.2 Å². The highest BCUT2D eigenvalue weighted by atomic mass is 32.2. The topological polar surface area (TPSA) is 87.0 Å². The summed E-state index contributed by atoms with van der Waals surface area (Å²) in [7, 11) is 0. The Hall–Kier alpha value is -3.00. The fraction of sp³-hybridized carbons (Fsp3) is 0.348. The van der Waals surface area contributed by atoms with Crippen molar-refractivity contribution in [1.82, 2.24) is 19.7 Å². The number of esters is 1. The summed E-state index contributed by atoms with van der Waals surface area (Å²) in [5.74, 6) is 0.323. The molecule has 0 saturated heterocycles. The summed E-state index contributed by atoms with van der Waals surface area (Å²) >= 11 is 0.996. The fourth-order valence-corrected chi connectivity index (χ4v) is 4.39. The predicted octanol–water partition coefficient (Wildman–Crippen LogP) is 4.60. The van der Waals surface area contributed by atoms with Crippen LogP contribution in [-0.4, -0.2) is 36.9 Å². The Labute approximate surface area is 185 Å². The minimum atomic E-state index is -0.303. The number of thioether (sulfide) groups is 1. The molecule has 2 heterocycles. The third-order valence-electron chi connectivity index (χ3n) is 5.17. The summed E-state index contributed by atoms with van der Waals surface area (Å²) in [6.07, 6.45) is 8.81. The van der Waals surface area contributed by atoms with Gasteiger partial charge in [-0.3, -0.25) is 19.1 Å². The van der Waals surface area contributed by atoms with Crippen molar-refractivity contribution in [3.05, 3.63) is 54.9 Å². The van der Waals surface area contributed by atoms with Gasteiger partial charge in [0.1, 0.15) is 6.10 Å². The molecule has 1 aliphatic carbocycles. The third-order valence-corrected chi connectivity index (χ3v) is 6.05. The number of ether oxygens (including phenoxy) is 1. The molecule has 0 N–H and O–H groups in total. The fourth-order valence-electron chi connectivity index (χ4n) is 3.62. The maximum atomic E-state index is 12.6. The van der Waals surface area contributed by atoms with E-state index >= 15 is 0 Å². The van der Waals surface area contributed by atoms with E-state index < -0.39 is 0 Å². The molecule has 1 aliphatic rings. The molecule has 4 rings (SSSR count). The van der Waals surface area contributed by atoms with Gasteiger partial charge in [-0.1, -0.05) is 24.6 Å². The zero-order valence-electron chi connectivity index (χ0n) is 17.1. The first-order valence-electron chi connectivity index (χ1n) is 10.5. The van der Waals surface area contributed by atoms with Crippen LogP contribution < -0.4 is 0 Å². The molecule has 8 heteroatoms. The number of aromatic nitrogens is 4. The quantitative estimate of drug-likeness (QED) is 0.395. The van der Waals surface area contributed by atoms with Crippen LogP contribution in [0.3, 0.4) is 0 Å². The summed E-state index contributed by atoms with van der Waals surface area (Å²) in [5, 5.41) is 8.87. The molecule has 31 heavy (non-hydrogen) atoms. The average molecular weight is 437 g/mol. The molecule has 7 nitrogen and oxygen atoms in total. The molecule has 2 aromatic heterocycles. The van der Waals surface area contributed by atoms with Gasteiger partial charge in [-0.2, -0.15) is 0 Å². The van der Waals surface area contributed by atoms with Crippen molar-refractivity contribution >= 4 is 22.8 Å². The van der Waals surface area contributed by atoms with E-state index in [2.05, 4.69) is 15.2 Å². The summed E-state index contributed by atoms with van der Waals surface area (Å²) in [4.78, 5) is 28.8. The van der Waals surface area contributed by atoms with E-state index in [1.54, 1.807) is 12.4 Å². The zero-order chi connectivity index (χ0) is 21.5. The molecule has 1 saturated carbocycles. The molecule has 1 aromatic carbocycles. The van der Waals surface area contributed by atoms with E-state index in [1.165, 1.54) is 6.42 Å².